The molecular weight excluding hydrogens is 436 g/mol. The summed E-state index contributed by atoms with van der Waals surface area (Å²) in [6, 6.07) is 14.3. The van der Waals surface area contributed by atoms with E-state index >= 15 is 0 Å². The predicted molar refractivity (Wildman–Crippen MR) is 127 cm³/mol. The Balaban J connectivity index is 1.52. The fraction of sp³-hybridized carbons (Fsp3) is 0.0952. The normalized spacial score (nSPS) is 11.4. The van der Waals surface area contributed by atoms with Gasteiger partial charge in [-0.3, -0.25) is 4.57 Å². The van der Waals surface area contributed by atoms with Crippen molar-refractivity contribution in [2.75, 3.05) is 5.32 Å². The smallest absolute Gasteiger partial charge is 0.327 e. The van der Waals surface area contributed by atoms with Crippen LogP contribution in [0.25, 0.3) is 32.3 Å². The molecule has 1 aliphatic rings. The van der Waals surface area contributed by atoms with Gasteiger partial charge in [-0.15, -0.1) is 0 Å². The summed E-state index contributed by atoms with van der Waals surface area (Å²) in [6.07, 6.45) is 3.13. The molecule has 0 atom stereocenters. The Hall–Kier alpha value is -5.25. The Morgan fingerprint density at radius 1 is 1.03 bits per heavy atom. The number of rotatable bonds is 6. The van der Waals surface area contributed by atoms with Crippen LogP contribution in [0.2, 0.25) is 0 Å². The van der Waals surface area contributed by atoms with Gasteiger partial charge in [0.15, 0.2) is 5.82 Å². The van der Waals surface area contributed by atoms with Gasteiger partial charge < -0.3 is 14.9 Å². The van der Waals surface area contributed by atoms with Gasteiger partial charge in [-0.1, -0.05) is 52.7 Å². The highest BCUT2D eigenvalue weighted by molar-refractivity contribution is 5.90. The third-order valence-electron chi connectivity index (χ3n) is 5.31. The van der Waals surface area contributed by atoms with Crippen molar-refractivity contribution >= 4 is 29.3 Å². The van der Waals surface area contributed by atoms with E-state index in [9.17, 15) is 4.79 Å². The maximum Gasteiger partial charge on any atom is 0.327 e. The van der Waals surface area contributed by atoms with E-state index in [4.69, 9.17) is 11.1 Å². The van der Waals surface area contributed by atoms with Gasteiger partial charge in [-0.2, -0.15) is 0 Å². The molecule has 3 heterocycles. The zero-order valence-electron chi connectivity index (χ0n) is 17.6. The van der Waals surface area contributed by atoms with Gasteiger partial charge in [0, 0.05) is 21.2 Å². The largest absolute Gasteiger partial charge is 0.330 e. The number of nitrogens with one attached hydrogen (secondary N) is 2. The van der Waals surface area contributed by atoms with Crippen molar-refractivity contribution in [2.24, 2.45) is 15.2 Å². The van der Waals surface area contributed by atoms with E-state index in [0.717, 1.165) is 11.1 Å². The average Bonchev–Trinajstić information content (AvgIpc) is 3.30. The number of nitrogens with zero attached hydrogens (tertiary/aromatic N) is 10. The summed E-state index contributed by atoms with van der Waals surface area (Å²) >= 11 is 0. The fourth-order valence-corrected chi connectivity index (χ4v) is 3.83. The molecule has 0 fully saturated rings. The number of imidazole rings is 2. The molecule has 2 aromatic heterocycles. The van der Waals surface area contributed by atoms with Crippen molar-refractivity contribution in [1.82, 2.24) is 19.1 Å². The Morgan fingerprint density at radius 2 is 1.88 bits per heavy atom. The number of aromatic amines is 1. The summed E-state index contributed by atoms with van der Waals surface area (Å²) < 4.78 is 3.34. The molecule has 13 heteroatoms. The monoisotopic (exact) mass is 452 g/mol. The molecule has 0 amide bonds. The SMILES string of the molecule is [N-]=[N+]=Nc1cccc(Cn2c3c([nH]c2=O)-c2ncn(Cc4ccccc4N=[N+]=[N-])c2N=CN3)c1. The summed E-state index contributed by atoms with van der Waals surface area (Å²) in [5.74, 6) is 1.06. The van der Waals surface area contributed by atoms with Crippen LogP contribution in [0, 0.1) is 0 Å². The van der Waals surface area contributed by atoms with Crippen LogP contribution in [0.4, 0.5) is 23.0 Å². The Morgan fingerprint density at radius 3 is 2.74 bits per heavy atom. The van der Waals surface area contributed by atoms with Gasteiger partial charge in [0.05, 0.1) is 25.8 Å². The van der Waals surface area contributed by atoms with Crippen molar-refractivity contribution in [1.29, 1.82) is 0 Å². The molecular formula is C21H16N12O. The topological polar surface area (TPSA) is 178 Å². The van der Waals surface area contributed by atoms with E-state index in [1.54, 1.807) is 36.7 Å². The van der Waals surface area contributed by atoms with E-state index in [0.29, 0.717) is 40.9 Å². The van der Waals surface area contributed by atoms with Gasteiger partial charge in [-0.25, -0.2) is 14.8 Å². The number of hydrogen-bond donors (Lipinski definition) is 2. The minimum atomic E-state index is -0.323. The number of aliphatic imine (C=N–C) groups is 1. The van der Waals surface area contributed by atoms with E-state index in [1.807, 2.05) is 22.8 Å². The van der Waals surface area contributed by atoms with Gasteiger partial charge in [0.2, 0.25) is 0 Å². The zero-order valence-corrected chi connectivity index (χ0v) is 17.6. The second-order valence-electron chi connectivity index (χ2n) is 7.36. The molecule has 0 saturated carbocycles. The first-order chi connectivity index (χ1) is 16.7. The highest BCUT2D eigenvalue weighted by Gasteiger charge is 2.24. The second-order valence-corrected chi connectivity index (χ2v) is 7.36. The lowest BCUT2D eigenvalue weighted by atomic mass is 10.2. The number of anilines is 1. The molecule has 2 aromatic carbocycles. The standard InChI is InChI=1S/C21H16N12O/c22-30-28-15-6-3-4-13(8-15)9-33-20-18(27-21(33)34)17-19(24-11-25-20)32(12-26-17)10-14-5-1-2-7-16(14)29-31-23/h1-8,11-12H,9-10H2,(H,24,25)(H,27,34). The van der Waals surface area contributed by atoms with Crippen LogP contribution >= 0.6 is 0 Å². The van der Waals surface area contributed by atoms with Crippen molar-refractivity contribution in [3.05, 3.63) is 97.4 Å². The molecule has 0 bridgehead atoms. The van der Waals surface area contributed by atoms with Gasteiger partial charge >= 0.3 is 5.69 Å². The molecule has 166 valence electrons. The van der Waals surface area contributed by atoms with Gasteiger partial charge in [0.25, 0.3) is 0 Å². The highest BCUT2D eigenvalue weighted by atomic mass is 16.1. The zero-order chi connectivity index (χ0) is 23.5. The molecule has 5 rings (SSSR count). The molecule has 13 nitrogen and oxygen atoms in total. The third-order valence-corrected chi connectivity index (χ3v) is 5.31. The van der Waals surface area contributed by atoms with Crippen LogP contribution < -0.4 is 11.0 Å². The molecule has 0 radical (unpaired) electrons. The first kappa shape index (κ1) is 20.6. The summed E-state index contributed by atoms with van der Waals surface area (Å²) in [4.78, 5) is 30.4. The van der Waals surface area contributed by atoms with Crippen LogP contribution in [0.15, 0.2) is 74.9 Å². The Kier molecular flexibility index (Phi) is 5.29. The predicted octanol–water partition coefficient (Wildman–Crippen LogP) is 5.11. The Labute approximate surface area is 191 Å². The van der Waals surface area contributed by atoms with E-state index in [-0.39, 0.29) is 12.2 Å². The van der Waals surface area contributed by atoms with E-state index in [1.165, 1.54) is 10.9 Å². The summed E-state index contributed by atoms with van der Waals surface area (Å²) in [5.41, 5.74) is 20.8. The molecule has 0 unspecified atom stereocenters. The van der Waals surface area contributed by atoms with Crippen LogP contribution in [0.1, 0.15) is 11.1 Å². The maximum atomic E-state index is 12.8. The quantitative estimate of drug-likeness (QED) is 0.235. The van der Waals surface area contributed by atoms with Crippen LogP contribution in [0.5, 0.6) is 0 Å². The summed E-state index contributed by atoms with van der Waals surface area (Å²) in [5, 5.41) is 10.4. The summed E-state index contributed by atoms with van der Waals surface area (Å²) in [7, 11) is 0. The average molecular weight is 452 g/mol. The third kappa shape index (κ3) is 3.75. The lowest BCUT2D eigenvalue weighted by Gasteiger charge is -2.08. The number of hydrogen-bond acceptors (Lipinski definition) is 6. The molecule has 34 heavy (non-hydrogen) atoms. The maximum absolute atomic E-state index is 12.8. The van der Waals surface area contributed by atoms with Gasteiger partial charge in [0.1, 0.15) is 17.2 Å². The minimum absolute atomic E-state index is 0.246. The number of azide groups is 2. The van der Waals surface area contributed by atoms with Crippen LogP contribution in [0.3, 0.4) is 0 Å². The summed E-state index contributed by atoms with van der Waals surface area (Å²) in [6.45, 7) is 0.622. The molecule has 4 aromatic rings. The lowest BCUT2D eigenvalue weighted by molar-refractivity contribution is 0.771. The molecule has 0 aliphatic carbocycles. The number of benzene rings is 2. The first-order valence-electron chi connectivity index (χ1n) is 10.1. The first-order valence-corrected chi connectivity index (χ1v) is 10.1. The van der Waals surface area contributed by atoms with Gasteiger partial charge in [-0.05, 0) is 28.3 Å². The molecule has 0 saturated heterocycles. The molecule has 2 N–H and O–H groups in total. The van der Waals surface area contributed by atoms with Crippen LogP contribution in [-0.2, 0) is 13.1 Å². The molecule has 0 spiro atoms. The van der Waals surface area contributed by atoms with E-state index < -0.39 is 0 Å². The Bertz CT molecular complexity index is 1580. The fourth-order valence-electron chi connectivity index (χ4n) is 3.83. The number of H-pyrrole nitrogens is 1. The van der Waals surface area contributed by atoms with Crippen molar-refractivity contribution in [3.8, 4) is 11.4 Å². The number of fused-ring (bicyclic) bond motifs is 3. The minimum Gasteiger partial charge on any atom is -0.330 e. The van der Waals surface area contributed by atoms with Crippen molar-refractivity contribution in [2.45, 2.75) is 13.1 Å². The van der Waals surface area contributed by atoms with Crippen LogP contribution in [-0.4, -0.2) is 25.4 Å². The lowest BCUT2D eigenvalue weighted by Crippen LogP contribution is -2.19. The second kappa shape index (κ2) is 8.71. The number of aromatic nitrogens is 4. The van der Waals surface area contributed by atoms with Crippen molar-refractivity contribution < 1.29 is 0 Å². The van der Waals surface area contributed by atoms with E-state index in [2.05, 4.69) is 40.3 Å². The van der Waals surface area contributed by atoms with Crippen molar-refractivity contribution in [3.63, 3.8) is 0 Å². The molecule has 1 aliphatic heterocycles. The highest BCUT2D eigenvalue weighted by Crippen LogP contribution is 2.35.